The van der Waals surface area contributed by atoms with Gasteiger partial charge < -0.3 is 20.9 Å². The number of aromatic nitrogens is 2. The van der Waals surface area contributed by atoms with Gasteiger partial charge in [-0.2, -0.15) is 5.10 Å². The molecule has 4 N–H and O–H groups in total. The molecule has 0 saturated carbocycles. The minimum atomic E-state index is -0.821. The zero-order valence-electron chi connectivity index (χ0n) is 8.90. The van der Waals surface area contributed by atoms with Crippen LogP contribution in [0.3, 0.4) is 0 Å². The van der Waals surface area contributed by atoms with Gasteiger partial charge in [0.1, 0.15) is 5.52 Å². The number of benzene rings is 1. The minimum absolute atomic E-state index is 0.0246. The van der Waals surface area contributed by atoms with Crippen LogP contribution in [0.4, 0.5) is 15.9 Å². The fourth-order valence-corrected chi connectivity index (χ4v) is 1.53. The number of nitrogen functional groups attached to an aromatic ring is 1. The van der Waals surface area contributed by atoms with Gasteiger partial charge in [-0.25, -0.2) is 4.39 Å². The smallest absolute Gasteiger partial charge is 0.192 e. The number of hydrogen-bond acceptors (Lipinski definition) is 6. The first-order chi connectivity index (χ1) is 8.06. The summed E-state index contributed by atoms with van der Waals surface area (Å²) in [7, 11) is 0. The van der Waals surface area contributed by atoms with Crippen molar-refractivity contribution in [1.29, 1.82) is 0 Å². The molecule has 0 atom stereocenters. The normalized spacial score (nSPS) is 10.8. The summed E-state index contributed by atoms with van der Waals surface area (Å²) in [5.41, 5.74) is 5.15. The lowest BCUT2D eigenvalue weighted by Gasteiger charge is -2.24. The van der Waals surface area contributed by atoms with Gasteiger partial charge in [0.2, 0.25) is 0 Å². The third kappa shape index (κ3) is 1.73. The van der Waals surface area contributed by atoms with E-state index in [0.29, 0.717) is 0 Å². The monoisotopic (exact) mass is 241 g/mol. The summed E-state index contributed by atoms with van der Waals surface area (Å²) >= 11 is 0. The highest BCUT2D eigenvalue weighted by Gasteiger charge is 2.18. The highest BCUT2D eigenvalue weighted by Crippen LogP contribution is 2.37. The molecular formula is C9H10FN4O3-. The van der Waals surface area contributed by atoms with E-state index in [1.807, 2.05) is 0 Å². The Hall–Kier alpha value is -2.06. The number of nitrogens with zero attached hydrogens (tertiary/aromatic N) is 2. The fraction of sp³-hybridized carbons (Fsp3) is 0.222. The summed E-state index contributed by atoms with van der Waals surface area (Å²) in [5, 5.41) is 25.6. The van der Waals surface area contributed by atoms with E-state index >= 15 is 0 Å². The second kappa shape index (κ2) is 4.07. The van der Waals surface area contributed by atoms with Crippen molar-refractivity contribution in [3.8, 4) is 5.75 Å². The Morgan fingerprint density at radius 1 is 1.71 bits per heavy atom. The van der Waals surface area contributed by atoms with Crippen LogP contribution in [0.15, 0.2) is 6.07 Å². The van der Waals surface area contributed by atoms with Crippen molar-refractivity contribution in [2.75, 3.05) is 17.6 Å². The number of rotatable bonds is 3. The van der Waals surface area contributed by atoms with Crippen LogP contribution in [0.5, 0.6) is 5.75 Å². The van der Waals surface area contributed by atoms with Crippen molar-refractivity contribution in [2.45, 2.75) is 6.92 Å². The Balaban J connectivity index is 2.75. The van der Waals surface area contributed by atoms with E-state index in [1.165, 1.54) is 6.07 Å². The molecule has 0 amide bonds. The van der Waals surface area contributed by atoms with E-state index in [-0.39, 0.29) is 34.8 Å². The SMILES string of the molecule is CCOc1c(N([O-])O)cc2c(N)n[nH]c2c1F. The van der Waals surface area contributed by atoms with Crippen molar-refractivity contribution in [3.05, 3.63) is 17.1 Å². The molecule has 0 aliphatic carbocycles. The number of ether oxygens (including phenoxy) is 1. The van der Waals surface area contributed by atoms with Gasteiger partial charge in [-0.3, -0.25) is 10.3 Å². The van der Waals surface area contributed by atoms with Crippen LogP contribution in [-0.2, 0) is 0 Å². The summed E-state index contributed by atoms with van der Waals surface area (Å²) in [5.74, 6) is -1.13. The lowest BCUT2D eigenvalue weighted by Crippen LogP contribution is -2.10. The number of fused-ring (bicyclic) bond motifs is 1. The highest BCUT2D eigenvalue weighted by atomic mass is 19.1. The lowest BCUT2D eigenvalue weighted by molar-refractivity contribution is 0.279. The molecule has 0 aliphatic rings. The number of H-pyrrole nitrogens is 1. The van der Waals surface area contributed by atoms with Gasteiger partial charge in [0.15, 0.2) is 17.4 Å². The van der Waals surface area contributed by atoms with E-state index in [4.69, 9.17) is 15.7 Å². The maximum absolute atomic E-state index is 14.0. The number of nitrogens with one attached hydrogen (secondary N) is 1. The molecule has 1 aromatic carbocycles. The predicted molar refractivity (Wildman–Crippen MR) is 59.3 cm³/mol. The predicted octanol–water partition coefficient (Wildman–Crippen LogP) is 1.38. The zero-order valence-corrected chi connectivity index (χ0v) is 8.90. The number of aromatic amines is 1. The quantitative estimate of drug-likeness (QED) is 0.700. The average molecular weight is 241 g/mol. The molecule has 1 heterocycles. The Labute approximate surface area is 95.1 Å². The molecule has 92 valence electrons. The van der Waals surface area contributed by atoms with E-state index < -0.39 is 11.0 Å². The summed E-state index contributed by atoms with van der Waals surface area (Å²) in [6, 6.07) is 1.20. The van der Waals surface area contributed by atoms with Gasteiger partial charge in [0.05, 0.1) is 12.3 Å². The zero-order chi connectivity index (χ0) is 12.6. The van der Waals surface area contributed by atoms with Crippen LogP contribution < -0.4 is 15.7 Å². The van der Waals surface area contributed by atoms with Crippen molar-refractivity contribution < 1.29 is 14.3 Å². The third-order valence-electron chi connectivity index (χ3n) is 2.26. The third-order valence-corrected chi connectivity index (χ3v) is 2.26. The molecule has 7 nitrogen and oxygen atoms in total. The molecule has 0 fully saturated rings. The van der Waals surface area contributed by atoms with E-state index in [2.05, 4.69) is 10.2 Å². The topological polar surface area (TPSA) is 110 Å². The van der Waals surface area contributed by atoms with Crippen LogP contribution >= 0.6 is 0 Å². The first-order valence-electron chi connectivity index (χ1n) is 4.81. The van der Waals surface area contributed by atoms with Crippen LogP contribution in [-0.4, -0.2) is 22.0 Å². The Kier molecular flexibility index (Phi) is 2.74. The Bertz CT molecular complexity index is 555. The molecule has 0 radical (unpaired) electrons. The van der Waals surface area contributed by atoms with Crippen molar-refractivity contribution in [2.24, 2.45) is 0 Å². The highest BCUT2D eigenvalue weighted by molar-refractivity contribution is 5.94. The van der Waals surface area contributed by atoms with Gasteiger partial charge >= 0.3 is 0 Å². The molecule has 0 aliphatic heterocycles. The minimum Gasteiger partial charge on any atom is -0.733 e. The number of nitrogens with two attached hydrogens (primary N) is 1. The summed E-state index contributed by atoms with van der Waals surface area (Å²) in [6.45, 7) is 1.77. The molecule has 0 bridgehead atoms. The molecule has 0 unspecified atom stereocenters. The largest absolute Gasteiger partial charge is 0.733 e. The maximum Gasteiger partial charge on any atom is 0.192 e. The van der Waals surface area contributed by atoms with E-state index in [9.17, 15) is 9.60 Å². The van der Waals surface area contributed by atoms with Crippen LogP contribution in [0.1, 0.15) is 6.92 Å². The molecule has 0 saturated heterocycles. The molecule has 8 heteroatoms. The van der Waals surface area contributed by atoms with Crippen molar-refractivity contribution in [3.63, 3.8) is 0 Å². The Morgan fingerprint density at radius 2 is 2.41 bits per heavy atom. The molecule has 2 aromatic rings. The summed E-state index contributed by atoms with van der Waals surface area (Å²) in [4.78, 5) is 0. The van der Waals surface area contributed by atoms with Crippen LogP contribution in [0.2, 0.25) is 0 Å². The van der Waals surface area contributed by atoms with Gasteiger partial charge in [0.25, 0.3) is 0 Å². The van der Waals surface area contributed by atoms with Gasteiger partial charge in [-0.1, -0.05) is 0 Å². The van der Waals surface area contributed by atoms with Gasteiger partial charge in [0, 0.05) is 5.39 Å². The molecule has 17 heavy (non-hydrogen) atoms. The van der Waals surface area contributed by atoms with E-state index in [1.54, 1.807) is 6.92 Å². The maximum atomic E-state index is 14.0. The standard InChI is InChI=1S/C9H10FN4O3/c1-2-17-8-5(14(15)16)3-4-7(6(8)10)12-13-9(4)11/h3,15H,2H2,1H3,(H3,11,12,13)/q-1. The van der Waals surface area contributed by atoms with Crippen LogP contribution in [0.25, 0.3) is 10.9 Å². The second-order valence-electron chi connectivity index (χ2n) is 3.28. The number of halogens is 1. The summed E-state index contributed by atoms with van der Waals surface area (Å²) < 4.78 is 18.9. The molecule has 0 spiro atoms. The first kappa shape index (κ1) is 11.4. The van der Waals surface area contributed by atoms with E-state index in [0.717, 1.165) is 0 Å². The number of anilines is 2. The van der Waals surface area contributed by atoms with Crippen LogP contribution in [0, 0.1) is 11.0 Å². The Morgan fingerprint density at radius 3 is 3.00 bits per heavy atom. The second-order valence-corrected chi connectivity index (χ2v) is 3.28. The van der Waals surface area contributed by atoms with Gasteiger partial charge in [-0.15, -0.1) is 0 Å². The number of hydrogen-bond donors (Lipinski definition) is 3. The average Bonchev–Trinajstić information content (AvgIpc) is 2.64. The van der Waals surface area contributed by atoms with Gasteiger partial charge in [-0.05, 0) is 13.0 Å². The fourth-order valence-electron chi connectivity index (χ4n) is 1.53. The first-order valence-corrected chi connectivity index (χ1v) is 4.81. The summed E-state index contributed by atoms with van der Waals surface area (Å²) in [6.07, 6.45) is 0. The molecule has 1 aromatic heterocycles. The van der Waals surface area contributed by atoms with Crippen molar-refractivity contribution in [1.82, 2.24) is 10.2 Å². The van der Waals surface area contributed by atoms with Crippen molar-refractivity contribution >= 4 is 22.4 Å². The lowest BCUT2D eigenvalue weighted by atomic mass is 10.2. The molecule has 2 rings (SSSR count). The molecular weight excluding hydrogens is 231 g/mol.